The third kappa shape index (κ3) is 2.90. The quantitative estimate of drug-likeness (QED) is 0.783. The number of nitrogen functional groups attached to an aromatic ring is 1. The Morgan fingerprint density at radius 1 is 1.59 bits per heavy atom. The Balaban J connectivity index is 2.04. The van der Waals surface area contributed by atoms with E-state index in [4.69, 9.17) is 17.3 Å². The third-order valence-corrected chi connectivity index (χ3v) is 3.22. The second-order valence-corrected chi connectivity index (χ2v) is 4.89. The first-order valence-electron chi connectivity index (χ1n) is 5.60. The Morgan fingerprint density at radius 3 is 2.94 bits per heavy atom. The molecular formula is C12H16ClN3O. The largest absolute Gasteiger partial charge is 0.398 e. The smallest absolute Gasteiger partial charge is 0.253 e. The zero-order chi connectivity index (χ0) is 12.4. The molecule has 1 aromatic rings. The molecule has 17 heavy (non-hydrogen) atoms. The van der Waals surface area contributed by atoms with E-state index in [0.29, 0.717) is 16.3 Å². The van der Waals surface area contributed by atoms with E-state index in [-0.39, 0.29) is 11.9 Å². The van der Waals surface area contributed by atoms with Crippen LogP contribution in [0.15, 0.2) is 18.2 Å². The molecular weight excluding hydrogens is 238 g/mol. The lowest BCUT2D eigenvalue weighted by atomic mass is 10.1. The van der Waals surface area contributed by atoms with E-state index in [1.165, 1.54) is 0 Å². The molecule has 0 aromatic heterocycles. The van der Waals surface area contributed by atoms with Crippen molar-refractivity contribution in [3.05, 3.63) is 28.8 Å². The van der Waals surface area contributed by atoms with E-state index in [1.54, 1.807) is 18.2 Å². The summed E-state index contributed by atoms with van der Waals surface area (Å²) in [5, 5.41) is 3.52. The van der Waals surface area contributed by atoms with Crippen LogP contribution >= 0.6 is 11.6 Å². The number of carbonyl (C=O) groups excluding carboxylic acids is 1. The topological polar surface area (TPSA) is 58.4 Å². The van der Waals surface area contributed by atoms with E-state index >= 15 is 0 Å². The van der Waals surface area contributed by atoms with Gasteiger partial charge in [-0.15, -0.1) is 0 Å². The van der Waals surface area contributed by atoms with Crippen LogP contribution in [0.4, 0.5) is 5.69 Å². The van der Waals surface area contributed by atoms with Gasteiger partial charge in [0.1, 0.15) is 0 Å². The zero-order valence-corrected chi connectivity index (χ0v) is 10.5. The number of nitrogens with two attached hydrogens (primary N) is 1. The summed E-state index contributed by atoms with van der Waals surface area (Å²) in [6.45, 7) is 1.90. The van der Waals surface area contributed by atoms with Gasteiger partial charge in [-0.05, 0) is 38.2 Å². The molecule has 0 saturated carbocycles. The number of hydrogen-bond donors (Lipinski definition) is 2. The minimum Gasteiger partial charge on any atom is -0.398 e. The highest BCUT2D eigenvalue weighted by molar-refractivity contribution is 6.31. The van der Waals surface area contributed by atoms with Crippen LogP contribution in [0.25, 0.3) is 0 Å². The van der Waals surface area contributed by atoms with Gasteiger partial charge in [-0.3, -0.25) is 4.79 Å². The van der Waals surface area contributed by atoms with Gasteiger partial charge in [0.25, 0.3) is 5.91 Å². The Kier molecular flexibility index (Phi) is 3.54. The van der Waals surface area contributed by atoms with E-state index < -0.39 is 0 Å². The molecule has 1 fully saturated rings. The van der Waals surface area contributed by atoms with Gasteiger partial charge < -0.3 is 16.0 Å². The molecule has 3 N–H and O–H groups in total. The van der Waals surface area contributed by atoms with Crippen molar-refractivity contribution in [3.8, 4) is 0 Å². The number of anilines is 1. The summed E-state index contributed by atoms with van der Waals surface area (Å²) < 4.78 is 0. The average Bonchev–Trinajstić information content (AvgIpc) is 2.63. The number of carbonyl (C=O) groups is 1. The van der Waals surface area contributed by atoms with Crippen molar-refractivity contribution in [1.29, 1.82) is 0 Å². The first-order chi connectivity index (χ1) is 8.06. The number of rotatable bonds is 2. The second kappa shape index (κ2) is 4.94. The number of likely N-dealkylation sites (tertiary alicyclic amines) is 1. The van der Waals surface area contributed by atoms with Gasteiger partial charge in [0, 0.05) is 23.3 Å². The highest BCUT2D eigenvalue weighted by Crippen LogP contribution is 2.18. The molecule has 5 heteroatoms. The zero-order valence-electron chi connectivity index (χ0n) is 9.74. The molecule has 1 amide bonds. The van der Waals surface area contributed by atoms with E-state index in [0.717, 1.165) is 19.5 Å². The predicted molar refractivity (Wildman–Crippen MR) is 69.2 cm³/mol. The van der Waals surface area contributed by atoms with Crippen LogP contribution in [-0.4, -0.2) is 37.0 Å². The molecule has 0 aliphatic carbocycles. The van der Waals surface area contributed by atoms with Crippen molar-refractivity contribution < 1.29 is 4.79 Å². The number of hydrogen-bond acceptors (Lipinski definition) is 3. The van der Waals surface area contributed by atoms with Gasteiger partial charge in [-0.1, -0.05) is 11.6 Å². The van der Waals surface area contributed by atoms with E-state index in [1.807, 2.05) is 7.05 Å². The van der Waals surface area contributed by atoms with Gasteiger partial charge in [-0.25, -0.2) is 0 Å². The van der Waals surface area contributed by atoms with Crippen LogP contribution in [-0.2, 0) is 0 Å². The molecule has 4 nitrogen and oxygen atoms in total. The minimum atomic E-state index is -0.125. The maximum atomic E-state index is 12.0. The molecule has 1 atom stereocenters. The Labute approximate surface area is 106 Å². The summed E-state index contributed by atoms with van der Waals surface area (Å²) in [5.41, 5.74) is 6.68. The lowest BCUT2D eigenvalue weighted by Crippen LogP contribution is -2.36. The van der Waals surface area contributed by atoms with Crippen molar-refractivity contribution in [3.63, 3.8) is 0 Å². The first-order valence-corrected chi connectivity index (χ1v) is 5.98. The highest BCUT2D eigenvalue weighted by atomic mass is 35.5. The lowest BCUT2D eigenvalue weighted by Gasteiger charge is -2.13. The van der Waals surface area contributed by atoms with Crippen LogP contribution in [0.5, 0.6) is 0 Å². The summed E-state index contributed by atoms with van der Waals surface area (Å²) >= 11 is 5.79. The molecule has 92 valence electrons. The van der Waals surface area contributed by atoms with Crippen molar-refractivity contribution in [2.24, 2.45) is 0 Å². The normalized spacial score (nSPS) is 20.5. The van der Waals surface area contributed by atoms with Crippen molar-refractivity contribution in [2.45, 2.75) is 12.5 Å². The predicted octanol–water partition coefficient (Wildman–Crippen LogP) is 1.36. The summed E-state index contributed by atoms with van der Waals surface area (Å²) in [6.07, 6.45) is 0.982. The maximum Gasteiger partial charge on any atom is 0.253 e. The van der Waals surface area contributed by atoms with Gasteiger partial charge >= 0.3 is 0 Å². The molecule has 1 aromatic carbocycles. The second-order valence-electron chi connectivity index (χ2n) is 4.45. The van der Waals surface area contributed by atoms with Gasteiger partial charge in [0.05, 0.1) is 5.56 Å². The number of likely N-dealkylation sites (N-methyl/N-ethyl adjacent to an activating group) is 1. The fourth-order valence-corrected chi connectivity index (χ4v) is 2.24. The van der Waals surface area contributed by atoms with Crippen molar-refractivity contribution in [2.75, 3.05) is 25.9 Å². The van der Waals surface area contributed by atoms with Crippen LogP contribution in [0.3, 0.4) is 0 Å². The standard InChI is InChI=1S/C12H16ClN3O/c1-16-5-4-9(7-16)15-12(17)10-3-2-8(13)6-11(10)14/h2-3,6,9H,4-5,7,14H2,1H3,(H,15,17). The van der Waals surface area contributed by atoms with Crippen LogP contribution in [0, 0.1) is 0 Å². The summed E-state index contributed by atoms with van der Waals surface area (Å²) in [4.78, 5) is 14.2. The van der Waals surface area contributed by atoms with Crippen molar-refractivity contribution >= 4 is 23.2 Å². The summed E-state index contributed by atoms with van der Waals surface area (Å²) in [7, 11) is 2.04. The molecule has 0 radical (unpaired) electrons. The van der Waals surface area contributed by atoms with Crippen molar-refractivity contribution in [1.82, 2.24) is 10.2 Å². The number of nitrogens with zero attached hydrogens (tertiary/aromatic N) is 1. The van der Waals surface area contributed by atoms with E-state index in [9.17, 15) is 4.79 Å². The molecule has 1 saturated heterocycles. The Bertz CT molecular complexity index is 436. The summed E-state index contributed by atoms with van der Waals surface area (Å²) in [6, 6.07) is 5.14. The van der Waals surface area contributed by atoms with Crippen LogP contribution in [0.1, 0.15) is 16.8 Å². The fourth-order valence-electron chi connectivity index (χ4n) is 2.06. The Morgan fingerprint density at radius 2 is 2.35 bits per heavy atom. The summed E-state index contributed by atoms with van der Waals surface area (Å²) in [5.74, 6) is -0.125. The average molecular weight is 254 g/mol. The van der Waals surface area contributed by atoms with Gasteiger partial charge in [-0.2, -0.15) is 0 Å². The molecule has 1 unspecified atom stereocenters. The number of nitrogens with one attached hydrogen (secondary N) is 1. The van der Waals surface area contributed by atoms with Crippen LogP contribution in [0.2, 0.25) is 5.02 Å². The highest BCUT2D eigenvalue weighted by Gasteiger charge is 2.22. The van der Waals surface area contributed by atoms with Gasteiger partial charge in [0.2, 0.25) is 0 Å². The molecule has 1 aliphatic heterocycles. The Hall–Kier alpha value is -1.26. The molecule has 1 aliphatic rings. The molecule has 0 bridgehead atoms. The van der Waals surface area contributed by atoms with Gasteiger partial charge in [0.15, 0.2) is 0 Å². The maximum absolute atomic E-state index is 12.0. The van der Waals surface area contributed by atoms with Crippen LogP contribution < -0.4 is 11.1 Å². The molecule has 0 spiro atoms. The minimum absolute atomic E-state index is 0.125. The van der Waals surface area contributed by atoms with E-state index in [2.05, 4.69) is 10.2 Å². The molecule has 2 rings (SSSR count). The first kappa shape index (κ1) is 12.2. The lowest BCUT2D eigenvalue weighted by molar-refractivity contribution is 0.0939. The number of halogens is 1. The molecule has 1 heterocycles. The monoisotopic (exact) mass is 253 g/mol. The SMILES string of the molecule is CN1CCC(NC(=O)c2ccc(Cl)cc2N)C1. The number of amides is 1. The number of benzene rings is 1. The fraction of sp³-hybridized carbons (Fsp3) is 0.417. The third-order valence-electron chi connectivity index (χ3n) is 2.98.